The molecular weight excluding hydrogens is 328 g/mol. The molecule has 2 aromatic rings. The van der Waals surface area contributed by atoms with Crippen LogP contribution in [-0.4, -0.2) is 40.0 Å². The van der Waals surface area contributed by atoms with E-state index >= 15 is 0 Å². The largest absolute Gasteiger partial charge is 0.481 e. The van der Waals surface area contributed by atoms with Gasteiger partial charge in [0.05, 0.1) is 11.6 Å². The number of rotatable bonds is 3. The van der Waals surface area contributed by atoms with Gasteiger partial charge in [-0.15, -0.1) is 11.3 Å². The van der Waals surface area contributed by atoms with Crippen LogP contribution >= 0.6 is 11.3 Å². The van der Waals surface area contributed by atoms with E-state index in [-0.39, 0.29) is 17.7 Å². The van der Waals surface area contributed by atoms with E-state index in [9.17, 15) is 14.7 Å². The molecule has 2 unspecified atom stereocenters. The van der Waals surface area contributed by atoms with E-state index in [1.165, 1.54) is 11.3 Å². The molecule has 0 aromatic carbocycles. The lowest BCUT2D eigenvalue weighted by atomic mass is 9.87. The summed E-state index contributed by atoms with van der Waals surface area (Å²) in [6, 6.07) is 3.72. The molecule has 0 spiro atoms. The number of furan rings is 1. The van der Waals surface area contributed by atoms with Crippen molar-refractivity contribution in [1.82, 2.24) is 9.88 Å². The van der Waals surface area contributed by atoms with Gasteiger partial charge >= 0.3 is 5.97 Å². The summed E-state index contributed by atoms with van der Waals surface area (Å²) in [5, 5.41) is 9.90. The van der Waals surface area contributed by atoms with Gasteiger partial charge < -0.3 is 14.4 Å². The maximum absolute atomic E-state index is 12.8. The summed E-state index contributed by atoms with van der Waals surface area (Å²) in [5.74, 6) is 0.182. The average Bonchev–Trinajstić information content (AvgIpc) is 3.12. The standard InChI is InChI=1S/C17H20N2O4S/c1-9-8-19(7-6-12(9)17(21)22)16(20)14-11(3)18-15(24-14)13-5-4-10(2)23-13/h4-5,9,12H,6-8H2,1-3H3,(H,21,22). The lowest BCUT2D eigenvalue weighted by Gasteiger charge is -2.34. The van der Waals surface area contributed by atoms with Gasteiger partial charge in [-0.05, 0) is 38.3 Å². The molecule has 1 N–H and O–H groups in total. The molecule has 2 aromatic heterocycles. The highest BCUT2D eigenvalue weighted by molar-refractivity contribution is 7.17. The van der Waals surface area contributed by atoms with Gasteiger partial charge in [0.1, 0.15) is 10.6 Å². The molecule has 24 heavy (non-hydrogen) atoms. The van der Waals surface area contributed by atoms with Gasteiger partial charge in [-0.1, -0.05) is 6.92 Å². The normalized spacial score (nSPS) is 21.0. The third-order valence-corrected chi connectivity index (χ3v) is 5.61. The first-order chi connectivity index (χ1) is 11.4. The highest BCUT2D eigenvalue weighted by Crippen LogP contribution is 2.31. The number of thiazole rings is 1. The molecule has 3 rings (SSSR count). The fourth-order valence-corrected chi connectivity index (χ4v) is 4.09. The maximum atomic E-state index is 12.8. The molecular formula is C17H20N2O4S. The van der Waals surface area contributed by atoms with Crippen LogP contribution in [0.3, 0.4) is 0 Å². The molecule has 1 aliphatic rings. The van der Waals surface area contributed by atoms with Gasteiger partial charge in [-0.2, -0.15) is 0 Å². The summed E-state index contributed by atoms with van der Waals surface area (Å²) >= 11 is 1.32. The fourth-order valence-electron chi connectivity index (χ4n) is 3.09. The zero-order valence-electron chi connectivity index (χ0n) is 13.9. The molecule has 0 aliphatic carbocycles. The number of likely N-dealkylation sites (tertiary alicyclic amines) is 1. The molecule has 3 heterocycles. The number of carboxylic acid groups (broad SMARTS) is 1. The number of hydrogen-bond acceptors (Lipinski definition) is 5. The van der Waals surface area contributed by atoms with Crippen molar-refractivity contribution < 1.29 is 19.1 Å². The Balaban J connectivity index is 1.79. The number of hydrogen-bond donors (Lipinski definition) is 1. The van der Waals surface area contributed by atoms with Crippen LogP contribution in [-0.2, 0) is 4.79 Å². The van der Waals surface area contributed by atoms with Crippen molar-refractivity contribution in [2.24, 2.45) is 11.8 Å². The summed E-state index contributed by atoms with van der Waals surface area (Å²) in [7, 11) is 0. The average molecular weight is 348 g/mol. The summed E-state index contributed by atoms with van der Waals surface area (Å²) in [6.45, 7) is 6.49. The zero-order chi connectivity index (χ0) is 17.4. The smallest absolute Gasteiger partial charge is 0.306 e. The molecule has 1 saturated heterocycles. The summed E-state index contributed by atoms with van der Waals surface area (Å²) < 4.78 is 5.58. The predicted molar refractivity (Wildman–Crippen MR) is 90.1 cm³/mol. The van der Waals surface area contributed by atoms with Gasteiger partial charge in [0.25, 0.3) is 5.91 Å². The summed E-state index contributed by atoms with van der Waals surface area (Å²) in [5.41, 5.74) is 0.682. The van der Waals surface area contributed by atoms with Crippen molar-refractivity contribution in [3.8, 4) is 10.8 Å². The molecule has 6 nitrogen and oxygen atoms in total. The Morgan fingerprint density at radius 1 is 1.38 bits per heavy atom. The fraction of sp³-hybridized carbons (Fsp3) is 0.471. The van der Waals surface area contributed by atoms with Crippen LogP contribution in [0.1, 0.15) is 34.5 Å². The molecule has 1 fully saturated rings. The lowest BCUT2D eigenvalue weighted by Crippen LogP contribution is -2.44. The van der Waals surface area contributed by atoms with Gasteiger partial charge in [-0.3, -0.25) is 9.59 Å². The Morgan fingerprint density at radius 3 is 2.71 bits per heavy atom. The van der Waals surface area contributed by atoms with Crippen molar-refractivity contribution in [2.75, 3.05) is 13.1 Å². The second kappa shape index (κ2) is 6.39. The number of carbonyl (C=O) groups is 2. The monoisotopic (exact) mass is 348 g/mol. The minimum Gasteiger partial charge on any atom is -0.481 e. The third-order valence-electron chi connectivity index (χ3n) is 4.45. The zero-order valence-corrected chi connectivity index (χ0v) is 14.7. The predicted octanol–water partition coefficient (Wildman–Crippen LogP) is 3.20. The van der Waals surface area contributed by atoms with Gasteiger partial charge in [0.15, 0.2) is 10.8 Å². The number of piperidine rings is 1. The van der Waals surface area contributed by atoms with Crippen molar-refractivity contribution >= 4 is 23.2 Å². The molecule has 0 bridgehead atoms. The van der Waals surface area contributed by atoms with Crippen molar-refractivity contribution in [1.29, 1.82) is 0 Å². The Hall–Kier alpha value is -2.15. The van der Waals surface area contributed by atoms with Crippen LogP contribution in [0.25, 0.3) is 10.8 Å². The van der Waals surface area contributed by atoms with E-state index in [0.29, 0.717) is 40.8 Å². The van der Waals surface area contributed by atoms with E-state index in [2.05, 4.69) is 4.98 Å². The second-order valence-corrected chi connectivity index (χ2v) is 7.30. The number of aliphatic carboxylic acids is 1. The Labute approximate surface area is 144 Å². The van der Waals surface area contributed by atoms with Crippen LogP contribution in [0.2, 0.25) is 0 Å². The number of amides is 1. The number of aryl methyl sites for hydroxylation is 2. The van der Waals surface area contributed by atoms with Crippen LogP contribution in [0.5, 0.6) is 0 Å². The summed E-state index contributed by atoms with van der Waals surface area (Å²) in [4.78, 5) is 30.8. The minimum absolute atomic E-state index is 0.0550. The first kappa shape index (κ1) is 16.7. The first-order valence-corrected chi connectivity index (χ1v) is 8.74. The highest BCUT2D eigenvalue weighted by Gasteiger charge is 2.34. The van der Waals surface area contributed by atoms with E-state index in [1.807, 2.05) is 32.9 Å². The molecule has 0 saturated carbocycles. The molecule has 128 valence electrons. The van der Waals surface area contributed by atoms with Crippen LogP contribution in [0.4, 0.5) is 0 Å². The van der Waals surface area contributed by atoms with E-state index in [4.69, 9.17) is 4.42 Å². The quantitative estimate of drug-likeness (QED) is 0.921. The van der Waals surface area contributed by atoms with Gasteiger partial charge in [0.2, 0.25) is 0 Å². The van der Waals surface area contributed by atoms with E-state index in [1.54, 1.807) is 4.90 Å². The molecule has 1 amide bonds. The minimum atomic E-state index is -0.779. The molecule has 0 radical (unpaired) electrons. The molecule has 2 atom stereocenters. The first-order valence-electron chi connectivity index (χ1n) is 7.93. The number of aromatic nitrogens is 1. The van der Waals surface area contributed by atoms with Gasteiger partial charge in [-0.25, -0.2) is 4.98 Å². The van der Waals surface area contributed by atoms with Gasteiger partial charge in [0, 0.05) is 13.1 Å². The van der Waals surface area contributed by atoms with Crippen LogP contribution in [0.15, 0.2) is 16.5 Å². The van der Waals surface area contributed by atoms with E-state index in [0.717, 1.165) is 5.76 Å². The Bertz CT molecular complexity index is 779. The highest BCUT2D eigenvalue weighted by atomic mass is 32.1. The lowest BCUT2D eigenvalue weighted by molar-refractivity contribution is -0.145. The van der Waals surface area contributed by atoms with Crippen molar-refractivity contribution in [2.45, 2.75) is 27.2 Å². The SMILES string of the molecule is Cc1ccc(-c2nc(C)c(C(=O)N3CCC(C(=O)O)C(C)C3)s2)o1. The Morgan fingerprint density at radius 2 is 2.12 bits per heavy atom. The van der Waals surface area contributed by atoms with E-state index < -0.39 is 5.97 Å². The molecule has 1 aliphatic heterocycles. The molecule has 7 heteroatoms. The number of nitrogens with zero attached hydrogens (tertiary/aromatic N) is 2. The van der Waals surface area contributed by atoms with Crippen molar-refractivity contribution in [3.63, 3.8) is 0 Å². The van der Waals surface area contributed by atoms with Crippen LogP contribution < -0.4 is 0 Å². The maximum Gasteiger partial charge on any atom is 0.306 e. The number of carbonyl (C=O) groups excluding carboxylic acids is 1. The second-order valence-electron chi connectivity index (χ2n) is 6.31. The number of carboxylic acids is 1. The Kier molecular flexibility index (Phi) is 4.45. The topological polar surface area (TPSA) is 83.6 Å². The third kappa shape index (κ3) is 3.08. The van der Waals surface area contributed by atoms with Crippen LogP contribution in [0, 0.1) is 25.7 Å². The summed E-state index contributed by atoms with van der Waals surface area (Å²) in [6.07, 6.45) is 0.490. The van der Waals surface area contributed by atoms with Crippen molar-refractivity contribution in [3.05, 3.63) is 28.5 Å².